The summed E-state index contributed by atoms with van der Waals surface area (Å²) in [5.41, 5.74) is 2.53. The molecule has 0 aliphatic carbocycles. The van der Waals surface area contributed by atoms with Crippen LogP contribution in [0.5, 0.6) is 0 Å². The molecule has 0 radical (unpaired) electrons. The first kappa shape index (κ1) is 16.2. The highest BCUT2D eigenvalue weighted by molar-refractivity contribution is 5.43. The van der Waals surface area contributed by atoms with Crippen LogP contribution in [0.25, 0.3) is 0 Å². The van der Waals surface area contributed by atoms with Crippen molar-refractivity contribution < 1.29 is 4.74 Å². The van der Waals surface area contributed by atoms with Crippen LogP contribution in [-0.2, 0) is 11.3 Å². The molecule has 118 valence electrons. The van der Waals surface area contributed by atoms with E-state index in [2.05, 4.69) is 50.0 Å². The predicted molar refractivity (Wildman–Crippen MR) is 87.8 cm³/mol. The Morgan fingerprint density at radius 2 is 1.95 bits per heavy atom. The SMILES string of the molecule is COC1CCN(c2cc(CNC(C)(C)C)cc(C)n2)CC1. The highest BCUT2D eigenvalue weighted by atomic mass is 16.5. The quantitative estimate of drug-likeness (QED) is 0.925. The number of ether oxygens (including phenoxy) is 1. The molecule has 0 atom stereocenters. The zero-order valence-electron chi connectivity index (χ0n) is 14.1. The molecule has 0 amide bonds. The second kappa shape index (κ2) is 6.75. The zero-order chi connectivity index (χ0) is 15.5. The summed E-state index contributed by atoms with van der Waals surface area (Å²) in [5, 5.41) is 3.55. The summed E-state index contributed by atoms with van der Waals surface area (Å²) in [6.07, 6.45) is 2.58. The molecule has 1 N–H and O–H groups in total. The van der Waals surface area contributed by atoms with Crippen LogP contribution in [-0.4, -0.2) is 36.8 Å². The van der Waals surface area contributed by atoms with Crippen molar-refractivity contribution in [2.24, 2.45) is 0 Å². The fourth-order valence-electron chi connectivity index (χ4n) is 2.67. The van der Waals surface area contributed by atoms with Crippen LogP contribution in [0.2, 0.25) is 0 Å². The standard InChI is InChI=1S/C17H29N3O/c1-13-10-14(12-18-17(2,3)4)11-16(19-13)20-8-6-15(21-5)7-9-20/h10-11,15,18H,6-9,12H2,1-5H3. The molecule has 0 aromatic carbocycles. The van der Waals surface area contributed by atoms with Crippen molar-refractivity contribution in [2.45, 2.75) is 58.7 Å². The highest BCUT2D eigenvalue weighted by Gasteiger charge is 2.20. The molecular weight excluding hydrogens is 262 g/mol. The van der Waals surface area contributed by atoms with Gasteiger partial charge in [0.15, 0.2) is 0 Å². The number of aryl methyl sites for hydroxylation is 1. The molecule has 21 heavy (non-hydrogen) atoms. The Morgan fingerprint density at radius 3 is 2.52 bits per heavy atom. The maximum absolute atomic E-state index is 5.44. The number of hydrogen-bond donors (Lipinski definition) is 1. The van der Waals surface area contributed by atoms with E-state index in [1.165, 1.54) is 5.56 Å². The van der Waals surface area contributed by atoms with Gasteiger partial charge in [0.05, 0.1) is 6.10 Å². The van der Waals surface area contributed by atoms with Gasteiger partial charge in [0.1, 0.15) is 5.82 Å². The van der Waals surface area contributed by atoms with E-state index in [-0.39, 0.29) is 5.54 Å². The molecule has 2 rings (SSSR count). The normalized spacial score (nSPS) is 17.3. The van der Waals surface area contributed by atoms with E-state index in [4.69, 9.17) is 9.72 Å². The summed E-state index contributed by atoms with van der Waals surface area (Å²) in [6, 6.07) is 4.39. The number of hydrogen-bond acceptors (Lipinski definition) is 4. The first-order valence-corrected chi connectivity index (χ1v) is 7.88. The third-order valence-corrected chi connectivity index (χ3v) is 3.92. The summed E-state index contributed by atoms with van der Waals surface area (Å²) < 4.78 is 5.44. The van der Waals surface area contributed by atoms with Crippen LogP contribution in [0.3, 0.4) is 0 Å². The Kier molecular flexibility index (Phi) is 5.22. The van der Waals surface area contributed by atoms with Crippen LogP contribution in [0.4, 0.5) is 5.82 Å². The monoisotopic (exact) mass is 291 g/mol. The van der Waals surface area contributed by atoms with Gasteiger partial charge in [-0.15, -0.1) is 0 Å². The number of nitrogens with zero attached hydrogens (tertiary/aromatic N) is 2. The number of pyridine rings is 1. The van der Waals surface area contributed by atoms with Gasteiger partial charge in [-0.05, 0) is 58.2 Å². The number of anilines is 1. The molecular formula is C17H29N3O. The van der Waals surface area contributed by atoms with Crippen molar-refractivity contribution in [3.63, 3.8) is 0 Å². The molecule has 1 saturated heterocycles. The predicted octanol–water partition coefficient (Wildman–Crippen LogP) is 2.89. The second-order valence-corrected chi connectivity index (χ2v) is 7.00. The van der Waals surface area contributed by atoms with Gasteiger partial charge >= 0.3 is 0 Å². The van der Waals surface area contributed by atoms with Crippen LogP contribution < -0.4 is 10.2 Å². The minimum absolute atomic E-state index is 0.133. The molecule has 2 heterocycles. The number of aromatic nitrogens is 1. The lowest BCUT2D eigenvalue weighted by molar-refractivity contribution is 0.0818. The van der Waals surface area contributed by atoms with E-state index in [0.717, 1.165) is 44.0 Å². The van der Waals surface area contributed by atoms with Crippen LogP contribution >= 0.6 is 0 Å². The van der Waals surface area contributed by atoms with Crippen molar-refractivity contribution in [1.82, 2.24) is 10.3 Å². The summed E-state index contributed by atoms with van der Waals surface area (Å²) >= 11 is 0. The van der Waals surface area contributed by atoms with Crippen molar-refractivity contribution in [3.8, 4) is 0 Å². The Hall–Kier alpha value is -1.13. The minimum atomic E-state index is 0.133. The first-order valence-electron chi connectivity index (χ1n) is 7.88. The molecule has 0 bridgehead atoms. The maximum atomic E-state index is 5.44. The van der Waals surface area contributed by atoms with Gasteiger partial charge in [-0.1, -0.05) is 0 Å². The fraction of sp³-hybridized carbons (Fsp3) is 0.706. The second-order valence-electron chi connectivity index (χ2n) is 7.00. The molecule has 0 unspecified atom stereocenters. The van der Waals surface area contributed by atoms with Gasteiger partial charge in [0, 0.05) is 38.0 Å². The van der Waals surface area contributed by atoms with Gasteiger partial charge in [-0.25, -0.2) is 4.98 Å². The molecule has 0 saturated carbocycles. The fourth-order valence-corrected chi connectivity index (χ4v) is 2.67. The van der Waals surface area contributed by atoms with E-state index in [0.29, 0.717) is 6.10 Å². The molecule has 0 spiro atoms. The Balaban J connectivity index is 2.05. The number of piperidine rings is 1. The van der Waals surface area contributed by atoms with Gasteiger partial charge < -0.3 is 15.0 Å². The van der Waals surface area contributed by atoms with E-state index in [1.807, 2.05) is 7.11 Å². The molecule has 4 heteroatoms. The Bertz CT molecular complexity index is 460. The zero-order valence-corrected chi connectivity index (χ0v) is 14.1. The summed E-state index contributed by atoms with van der Waals surface area (Å²) in [4.78, 5) is 7.09. The summed E-state index contributed by atoms with van der Waals surface area (Å²) in [5.74, 6) is 1.11. The van der Waals surface area contributed by atoms with E-state index < -0.39 is 0 Å². The van der Waals surface area contributed by atoms with Crippen LogP contribution in [0.15, 0.2) is 12.1 Å². The third-order valence-electron chi connectivity index (χ3n) is 3.92. The molecule has 1 aliphatic rings. The molecule has 1 aromatic heterocycles. The largest absolute Gasteiger partial charge is 0.381 e. The third kappa shape index (κ3) is 4.97. The Labute approximate surface area is 128 Å². The van der Waals surface area contributed by atoms with E-state index in [1.54, 1.807) is 0 Å². The lowest BCUT2D eigenvalue weighted by Crippen LogP contribution is -2.37. The van der Waals surface area contributed by atoms with Gasteiger partial charge in [-0.3, -0.25) is 0 Å². The average molecular weight is 291 g/mol. The summed E-state index contributed by atoms with van der Waals surface area (Å²) in [6.45, 7) is 11.6. The first-order chi connectivity index (χ1) is 9.87. The van der Waals surface area contributed by atoms with Crippen molar-refractivity contribution in [3.05, 3.63) is 23.4 Å². The van der Waals surface area contributed by atoms with Gasteiger partial charge in [0.25, 0.3) is 0 Å². The highest BCUT2D eigenvalue weighted by Crippen LogP contribution is 2.21. The van der Waals surface area contributed by atoms with Crippen molar-refractivity contribution >= 4 is 5.82 Å². The van der Waals surface area contributed by atoms with Crippen molar-refractivity contribution in [1.29, 1.82) is 0 Å². The molecule has 1 aromatic rings. The molecule has 1 aliphatic heterocycles. The number of methoxy groups -OCH3 is 1. The van der Waals surface area contributed by atoms with Crippen LogP contribution in [0, 0.1) is 6.92 Å². The number of rotatable bonds is 4. The summed E-state index contributed by atoms with van der Waals surface area (Å²) in [7, 11) is 1.81. The lowest BCUT2D eigenvalue weighted by atomic mass is 10.1. The van der Waals surface area contributed by atoms with Gasteiger partial charge in [0.2, 0.25) is 0 Å². The van der Waals surface area contributed by atoms with Crippen LogP contribution in [0.1, 0.15) is 44.9 Å². The average Bonchev–Trinajstić information content (AvgIpc) is 2.44. The smallest absolute Gasteiger partial charge is 0.129 e. The Morgan fingerprint density at radius 1 is 1.29 bits per heavy atom. The molecule has 1 fully saturated rings. The van der Waals surface area contributed by atoms with Crippen molar-refractivity contribution in [2.75, 3.05) is 25.1 Å². The van der Waals surface area contributed by atoms with Gasteiger partial charge in [-0.2, -0.15) is 0 Å². The lowest BCUT2D eigenvalue weighted by Gasteiger charge is -2.32. The van der Waals surface area contributed by atoms with E-state index >= 15 is 0 Å². The minimum Gasteiger partial charge on any atom is -0.381 e. The number of nitrogens with one attached hydrogen (secondary N) is 1. The molecule has 4 nitrogen and oxygen atoms in total. The topological polar surface area (TPSA) is 37.4 Å². The van der Waals surface area contributed by atoms with E-state index in [9.17, 15) is 0 Å². The maximum Gasteiger partial charge on any atom is 0.129 e.